The van der Waals surface area contributed by atoms with E-state index in [4.69, 9.17) is 4.74 Å². The third-order valence-corrected chi connectivity index (χ3v) is 4.43. The van der Waals surface area contributed by atoms with Gasteiger partial charge in [0.2, 0.25) is 0 Å². The van der Waals surface area contributed by atoms with Gasteiger partial charge in [-0.25, -0.2) is 4.79 Å². The van der Waals surface area contributed by atoms with Gasteiger partial charge in [0.1, 0.15) is 5.60 Å². The molecule has 2 fully saturated rings. The zero-order valence-corrected chi connectivity index (χ0v) is 14.9. The standard InChI is InChI=1S/C18H31NO3/c1-17(2,3)9-7-8-15(20)14-11-12-10-13(12)19(14)16(21)22-18(4,5)6/h12-14H,7-11H2,1-6H3/t12-,13-,14+/m1/s1. The Balaban J connectivity index is 1.92. The second kappa shape index (κ2) is 5.86. The topological polar surface area (TPSA) is 46.6 Å². The van der Waals surface area contributed by atoms with E-state index < -0.39 is 5.60 Å². The molecule has 126 valence electrons. The molecule has 1 amide bonds. The van der Waals surface area contributed by atoms with E-state index in [1.165, 1.54) is 0 Å². The van der Waals surface area contributed by atoms with Gasteiger partial charge in [-0.1, -0.05) is 20.8 Å². The van der Waals surface area contributed by atoms with E-state index in [0.717, 1.165) is 25.7 Å². The van der Waals surface area contributed by atoms with E-state index in [-0.39, 0.29) is 29.4 Å². The Bertz CT molecular complexity index is 444. The number of hydrogen-bond donors (Lipinski definition) is 0. The Hall–Kier alpha value is -1.06. The molecule has 1 heterocycles. The Kier molecular flexibility index (Phi) is 4.61. The van der Waals surface area contributed by atoms with E-state index in [9.17, 15) is 9.59 Å². The number of carbonyl (C=O) groups excluding carboxylic acids is 2. The van der Waals surface area contributed by atoms with Gasteiger partial charge < -0.3 is 4.74 Å². The van der Waals surface area contributed by atoms with Crippen LogP contribution in [0, 0.1) is 11.3 Å². The molecular formula is C18H31NO3. The average Bonchev–Trinajstić information content (AvgIpc) is 2.95. The molecular weight excluding hydrogens is 278 g/mol. The molecule has 0 N–H and O–H groups in total. The lowest BCUT2D eigenvalue weighted by molar-refractivity contribution is -0.124. The van der Waals surface area contributed by atoms with Crippen LogP contribution in [-0.4, -0.2) is 34.5 Å². The first-order valence-electron chi connectivity index (χ1n) is 8.52. The number of Topliss-reactive ketones (excluding diaryl/α,β-unsaturated/α-hetero) is 1. The molecule has 0 spiro atoms. The normalized spacial score (nSPS) is 27.5. The van der Waals surface area contributed by atoms with Crippen molar-refractivity contribution in [3.05, 3.63) is 0 Å². The number of likely N-dealkylation sites (tertiary alicyclic amines) is 1. The van der Waals surface area contributed by atoms with Crippen LogP contribution >= 0.6 is 0 Å². The molecule has 1 saturated heterocycles. The number of fused-ring (bicyclic) bond motifs is 1. The molecule has 0 aromatic carbocycles. The zero-order valence-electron chi connectivity index (χ0n) is 14.9. The van der Waals surface area contributed by atoms with Crippen LogP contribution in [-0.2, 0) is 9.53 Å². The molecule has 0 aromatic heterocycles. The number of ketones is 1. The van der Waals surface area contributed by atoms with Crippen molar-refractivity contribution in [1.29, 1.82) is 0 Å². The quantitative estimate of drug-likeness (QED) is 0.783. The second-order valence-corrected chi connectivity index (χ2v) is 9.08. The lowest BCUT2D eigenvalue weighted by atomic mass is 9.88. The number of nitrogens with zero attached hydrogens (tertiary/aromatic N) is 1. The third-order valence-electron chi connectivity index (χ3n) is 4.43. The van der Waals surface area contributed by atoms with E-state index in [1.54, 1.807) is 4.90 Å². The number of piperidine rings is 1. The van der Waals surface area contributed by atoms with Crippen molar-refractivity contribution >= 4 is 11.9 Å². The number of ether oxygens (including phenoxy) is 1. The number of carbonyl (C=O) groups is 2. The average molecular weight is 309 g/mol. The summed E-state index contributed by atoms with van der Waals surface area (Å²) in [5.41, 5.74) is -0.257. The van der Waals surface area contributed by atoms with Crippen molar-refractivity contribution in [2.24, 2.45) is 11.3 Å². The number of rotatable bonds is 4. The largest absolute Gasteiger partial charge is 0.444 e. The van der Waals surface area contributed by atoms with Crippen LogP contribution in [0.15, 0.2) is 0 Å². The van der Waals surface area contributed by atoms with E-state index >= 15 is 0 Å². The van der Waals surface area contributed by atoms with Gasteiger partial charge in [-0.05, 0) is 57.8 Å². The van der Waals surface area contributed by atoms with Gasteiger partial charge in [-0.2, -0.15) is 0 Å². The lowest BCUT2D eigenvalue weighted by Crippen LogP contribution is -2.45. The van der Waals surface area contributed by atoms with Gasteiger partial charge in [0.05, 0.1) is 6.04 Å². The van der Waals surface area contributed by atoms with Crippen molar-refractivity contribution in [1.82, 2.24) is 4.90 Å². The van der Waals surface area contributed by atoms with Gasteiger partial charge in [0, 0.05) is 12.5 Å². The van der Waals surface area contributed by atoms with Crippen LogP contribution in [0.1, 0.15) is 73.6 Å². The smallest absolute Gasteiger partial charge is 0.411 e. The second-order valence-electron chi connectivity index (χ2n) is 9.08. The maximum absolute atomic E-state index is 12.5. The highest BCUT2D eigenvalue weighted by molar-refractivity contribution is 5.88. The van der Waals surface area contributed by atoms with Gasteiger partial charge in [0.25, 0.3) is 0 Å². The minimum absolute atomic E-state index is 0.210. The summed E-state index contributed by atoms with van der Waals surface area (Å²) < 4.78 is 5.49. The molecule has 0 aromatic rings. The van der Waals surface area contributed by atoms with Crippen molar-refractivity contribution in [3.8, 4) is 0 Å². The highest BCUT2D eigenvalue weighted by Crippen LogP contribution is 2.48. The van der Waals surface area contributed by atoms with Crippen LogP contribution in [0.5, 0.6) is 0 Å². The highest BCUT2D eigenvalue weighted by atomic mass is 16.6. The fraction of sp³-hybridized carbons (Fsp3) is 0.889. The minimum atomic E-state index is -0.510. The number of amides is 1. The van der Waals surface area contributed by atoms with Crippen molar-refractivity contribution in [2.45, 2.75) is 91.3 Å². The molecule has 4 nitrogen and oxygen atoms in total. The van der Waals surface area contributed by atoms with Crippen molar-refractivity contribution in [2.75, 3.05) is 0 Å². The summed E-state index contributed by atoms with van der Waals surface area (Å²) in [7, 11) is 0. The van der Waals surface area contributed by atoms with Crippen LogP contribution in [0.25, 0.3) is 0 Å². The molecule has 1 saturated carbocycles. The molecule has 1 aliphatic heterocycles. The predicted octanol–water partition coefficient (Wildman–Crippen LogP) is 4.17. The molecule has 2 aliphatic rings. The fourth-order valence-electron chi connectivity index (χ4n) is 3.28. The minimum Gasteiger partial charge on any atom is -0.444 e. The maximum Gasteiger partial charge on any atom is 0.411 e. The Morgan fingerprint density at radius 3 is 2.27 bits per heavy atom. The van der Waals surface area contributed by atoms with Crippen molar-refractivity contribution < 1.29 is 14.3 Å². The van der Waals surface area contributed by atoms with E-state index in [2.05, 4.69) is 20.8 Å². The number of hydrogen-bond acceptors (Lipinski definition) is 3. The summed E-state index contributed by atoms with van der Waals surface area (Å²) in [6.45, 7) is 12.2. The Morgan fingerprint density at radius 1 is 1.09 bits per heavy atom. The zero-order chi connectivity index (χ0) is 16.7. The molecule has 2 rings (SSSR count). The summed E-state index contributed by atoms with van der Waals surface area (Å²) in [4.78, 5) is 26.7. The molecule has 3 atom stereocenters. The van der Waals surface area contributed by atoms with E-state index in [0.29, 0.717) is 12.3 Å². The predicted molar refractivity (Wildman–Crippen MR) is 86.7 cm³/mol. The van der Waals surface area contributed by atoms with Crippen LogP contribution in [0.2, 0.25) is 0 Å². The first kappa shape index (κ1) is 17.3. The first-order valence-corrected chi connectivity index (χ1v) is 8.52. The first-order chi connectivity index (χ1) is 9.98. The molecule has 1 aliphatic carbocycles. The molecule has 0 radical (unpaired) electrons. The summed E-state index contributed by atoms with van der Waals surface area (Å²) >= 11 is 0. The lowest BCUT2D eigenvalue weighted by Gasteiger charge is -2.30. The van der Waals surface area contributed by atoms with Gasteiger partial charge in [-0.3, -0.25) is 9.69 Å². The van der Waals surface area contributed by atoms with E-state index in [1.807, 2.05) is 20.8 Å². The van der Waals surface area contributed by atoms with Gasteiger partial charge >= 0.3 is 6.09 Å². The molecule has 0 bridgehead atoms. The fourth-order valence-corrected chi connectivity index (χ4v) is 3.28. The molecule has 22 heavy (non-hydrogen) atoms. The summed E-state index contributed by atoms with van der Waals surface area (Å²) in [6.07, 6.45) is 4.05. The van der Waals surface area contributed by atoms with Gasteiger partial charge in [-0.15, -0.1) is 0 Å². The van der Waals surface area contributed by atoms with Crippen LogP contribution in [0.4, 0.5) is 4.79 Å². The third kappa shape index (κ3) is 4.47. The summed E-state index contributed by atoms with van der Waals surface area (Å²) in [6, 6.07) is -0.00927. The molecule has 4 heteroatoms. The Labute approximate surface area is 134 Å². The maximum atomic E-state index is 12.5. The summed E-state index contributed by atoms with van der Waals surface area (Å²) in [5.74, 6) is 0.728. The highest BCUT2D eigenvalue weighted by Gasteiger charge is 2.56. The molecule has 0 unspecified atom stereocenters. The van der Waals surface area contributed by atoms with Crippen LogP contribution in [0.3, 0.4) is 0 Å². The van der Waals surface area contributed by atoms with Crippen molar-refractivity contribution in [3.63, 3.8) is 0 Å². The van der Waals surface area contributed by atoms with Crippen LogP contribution < -0.4 is 0 Å². The Morgan fingerprint density at radius 2 is 1.73 bits per heavy atom. The summed E-state index contributed by atoms with van der Waals surface area (Å²) in [5, 5.41) is 0. The monoisotopic (exact) mass is 309 g/mol. The van der Waals surface area contributed by atoms with Gasteiger partial charge in [0.15, 0.2) is 5.78 Å². The SMILES string of the molecule is CC(C)(C)CCCC(=O)[C@@H]1C[C@H]2C[C@H]2N1C(=O)OC(C)(C)C.